The van der Waals surface area contributed by atoms with Gasteiger partial charge >= 0.3 is 0 Å². The fraction of sp³-hybridized carbons (Fsp3) is 0.667. The molecule has 1 amide bonds. The average Bonchev–Trinajstić information content (AvgIpc) is 2.73. The van der Waals surface area contributed by atoms with Crippen molar-refractivity contribution >= 4 is 35.8 Å². The Kier molecular flexibility index (Phi) is 13.2. The molecule has 1 aliphatic heterocycles. The summed E-state index contributed by atoms with van der Waals surface area (Å²) in [5, 5.41) is 6.84. The first-order valence-corrected chi connectivity index (χ1v) is 11.6. The largest absolute Gasteiger partial charge is 0.369 e. The minimum absolute atomic E-state index is 0. The number of benzene rings is 1. The van der Waals surface area contributed by atoms with Gasteiger partial charge in [-0.25, -0.2) is 0 Å². The monoisotopic (exact) mass is 558 g/mol. The third-order valence-corrected chi connectivity index (χ3v) is 5.98. The lowest BCUT2D eigenvalue weighted by atomic mass is 9.97. The van der Waals surface area contributed by atoms with Crippen molar-refractivity contribution in [3.8, 4) is 0 Å². The predicted octanol–water partition coefficient (Wildman–Crippen LogP) is 2.79. The second-order valence-corrected chi connectivity index (χ2v) is 9.07. The molecule has 1 unspecified atom stereocenters. The summed E-state index contributed by atoms with van der Waals surface area (Å²) in [7, 11) is 1.81. The van der Waals surface area contributed by atoms with Gasteiger partial charge in [0.2, 0.25) is 5.91 Å². The van der Waals surface area contributed by atoms with Crippen molar-refractivity contribution in [3.63, 3.8) is 0 Å². The van der Waals surface area contributed by atoms with Crippen LogP contribution in [0, 0.1) is 5.92 Å². The summed E-state index contributed by atoms with van der Waals surface area (Å²) in [4.78, 5) is 20.7. The van der Waals surface area contributed by atoms with Gasteiger partial charge in [0, 0.05) is 51.9 Å². The van der Waals surface area contributed by atoms with Crippen molar-refractivity contribution in [1.82, 2.24) is 20.4 Å². The number of likely N-dealkylation sites (tertiary alicyclic amines) is 1. The molecular weight excluding hydrogens is 515 g/mol. The van der Waals surface area contributed by atoms with Gasteiger partial charge in [0.05, 0.1) is 5.92 Å². The van der Waals surface area contributed by atoms with Crippen molar-refractivity contribution in [2.45, 2.75) is 65.7 Å². The third kappa shape index (κ3) is 9.62. The number of carbonyl (C=O) groups excluding carboxylic acids is 1. The molecule has 1 aromatic carbocycles. The molecule has 0 spiro atoms. The molecule has 0 bridgehead atoms. The first-order chi connectivity index (χ1) is 14.8. The van der Waals surface area contributed by atoms with Gasteiger partial charge in [0.25, 0.3) is 0 Å². The molecule has 7 nitrogen and oxygen atoms in total. The fourth-order valence-electron chi connectivity index (χ4n) is 4.35. The van der Waals surface area contributed by atoms with Crippen LogP contribution in [0.25, 0.3) is 0 Å². The number of carbonyl (C=O) groups is 1. The summed E-state index contributed by atoms with van der Waals surface area (Å²) in [5.41, 5.74) is 7.99. The molecule has 182 valence electrons. The van der Waals surface area contributed by atoms with Crippen LogP contribution in [0.4, 0.5) is 0 Å². The van der Waals surface area contributed by atoms with Crippen LogP contribution in [0.2, 0.25) is 0 Å². The van der Waals surface area contributed by atoms with E-state index >= 15 is 0 Å². The summed E-state index contributed by atoms with van der Waals surface area (Å²) >= 11 is 0. The SMILES string of the molecule is CN=C(NCCN(C(C)C)C(C)C)NCc1cccc(CN2CCCC(C(N)=O)C2)c1.I. The van der Waals surface area contributed by atoms with Gasteiger partial charge in [-0.1, -0.05) is 24.3 Å². The van der Waals surface area contributed by atoms with E-state index < -0.39 is 0 Å². The summed E-state index contributed by atoms with van der Waals surface area (Å²) in [6.07, 6.45) is 1.94. The molecule has 1 atom stereocenters. The lowest BCUT2D eigenvalue weighted by Gasteiger charge is -2.31. The van der Waals surface area contributed by atoms with Crippen molar-refractivity contribution in [3.05, 3.63) is 35.4 Å². The first-order valence-electron chi connectivity index (χ1n) is 11.6. The van der Waals surface area contributed by atoms with Crippen molar-refractivity contribution in [1.29, 1.82) is 0 Å². The maximum atomic E-state index is 11.5. The Labute approximate surface area is 211 Å². The van der Waals surface area contributed by atoms with Crippen molar-refractivity contribution in [2.75, 3.05) is 33.2 Å². The van der Waals surface area contributed by atoms with Crippen LogP contribution in [0.15, 0.2) is 29.3 Å². The molecule has 0 saturated carbocycles. The van der Waals surface area contributed by atoms with Gasteiger partial charge in [0.15, 0.2) is 5.96 Å². The molecule has 1 aliphatic rings. The van der Waals surface area contributed by atoms with Crippen LogP contribution in [-0.4, -0.2) is 67.0 Å². The summed E-state index contributed by atoms with van der Waals surface area (Å²) in [6, 6.07) is 9.66. The molecule has 0 aliphatic carbocycles. The minimum atomic E-state index is -0.175. The highest BCUT2D eigenvalue weighted by molar-refractivity contribution is 14.0. The van der Waals surface area contributed by atoms with Crippen LogP contribution in [0.1, 0.15) is 51.7 Å². The molecule has 1 aromatic rings. The van der Waals surface area contributed by atoms with E-state index in [0.29, 0.717) is 12.1 Å². The Bertz CT molecular complexity index is 716. The molecule has 0 radical (unpaired) electrons. The van der Waals surface area contributed by atoms with Crippen LogP contribution in [-0.2, 0) is 17.9 Å². The zero-order valence-electron chi connectivity index (χ0n) is 20.4. The standard InChI is InChI=1S/C24H42N6O.HI/c1-18(2)30(19(3)4)13-11-27-24(26-5)28-15-20-8-6-9-21(14-20)16-29-12-7-10-22(17-29)23(25)31;/h6,8-9,14,18-19,22H,7,10-13,15-17H2,1-5H3,(H2,25,31)(H2,26,27,28);1H. The van der Waals surface area contributed by atoms with Crippen LogP contribution >= 0.6 is 24.0 Å². The van der Waals surface area contributed by atoms with Gasteiger partial charge < -0.3 is 16.4 Å². The number of guanidine groups is 1. The van der Waals surface area contributed by atoms with Gasteiger partial charge in [0.1, 0.15) is 0 Å². The Morgan fingerprint density at radius 3 is 2.53 bits per heavy atom. The average molecular weight is 559 g/mol. The minimum Gasteiger partial charge on any atom is -0.369 e. The van der Waals surface area contributed by atoms with Gasteiger partial charge in [-0.05, 0) is 58.2 Å². The van der Waals surface area contributed by atoms with E-state index in [1.807, 2.05) is 0 Å². The Morgan fingerprint density at radius 1 is 1.22 bits per heavy atom. The van der Waals surface area contributed by atoms with Crippen molar-refractivity contribution < 1.29 is 4.79 Å². The molecule has 4 N–H and O–H groups in total. The number of halogens is 1. The summed E-state index contributed by atoms with van der Waals surface area (Å²) in [6.45, 7) is 14.1. The van der Waals surface area contributed by atoms with Crippen molar-refractivity contribution in [2.24, 2.45) is 16.6 Å². The molecule has 0 aromatic heterocycles. The number of hydrogen-bond donors (Lipinski definition) is 3. The van der Waals surface area contributed by atoms with E-state index in [-0.39, 0.29) is 35.8 Å². The number of primary amides is 1. The number of nitrogens with two attached hydrogens (primary N) is 1. The number of rotatable bonds is 10. The first kappa shape index (κ1) is 28.6. The smallest absolute Gasteiger partial charge is 0.221 e. The topological polar surface area (TPSA) is 86.0 Å². The lowest BCUT2D eigenvalue weighted by Crippen LogP contribution is -2.45. The van der Waals surface area contributed by atoms with E-state index in [1.54, 1.807) is 7.05 Å². The summed E-state index contributed by atoms with van der Waals surface area (Å²) in [5.74, 6) is 0.625. The molecular formula is C24H43IN6O. The van der Waals surface area contributed by atoms with Gasteiger partial charge in [-0.2, -0.15) is 0 Å². The molecule has 1 saturated heterocycles. The van der Waals surface area contributed by atoms with Gasteiger partial charge in [-0.15, -0.1) is 24.0 Å². The number of hydrogen-bond acceptors (Lipinski definition) is 4. The molecule has 1 fully saturated rings. The number of aliphatic imine (C=N–C) groups is 1. The normalized spacial score (nSPS) is 17.5. The second kappa shape index (κ2) is 14.7. The van der Waals surface area contributed by atoms with E-state index in [9.17, 15) is 4.79 Å². The van der Waals surface area contributed by atoms with E-state index in [2.05, 4.69) is 77.4 Å². The molecule has 8 heteroatoms. The maximum Gasteiger partial charge on any atom is 0.221 e. The zero-order chi connectivity index (χ0) is 22.8. The quantitative estimate of drug-likeness (QED) is 0.234. The Hall–Kier alpha value is -1.39. The molecule has 2 rings (SSSR count). The zero-order valence-corrected chi connectivity index (χ0v) is 22.8. The summed E-state index contributed by atoms with van der Waals surface area (Å²) < 4.78 is 0. The number of amides is 1. The highest BCUT2D eigenvalue weighted by Gasteiger charge is 2.23. The Balaban J connectivity index is 0.00000512. The molecule has 1 heterocycles. The van der Waals surface area contributed by atoms with Crippen LogP contribution in [0.3, 0.4) is 0 Å². The van der Waals surface area contributed by atoms with Gasteiger partial charge in [-0.3, -0.25) is 19.6 Å². The predicted molar refractivity (Wildman–Crippen MR) is 144 cm³/mol. The third-order valence-electron chi connectivity index (χ3n) is 5.98. The lowest BCUT2D eigenvalue weighted by molar-refractivity contribution is -0.123. The van der Waals surface area contributed by atoms with E-state index in [0.717, 1.165) is 58.1 Å². The van der Waals surface area contributed by atoms with Crippen LogP contribution < -0.4 is 16.4 Å². The fourth-order valence-corrected chi connectivity index (χ4v) is 4.35. The number of nitrogens with one attached hydrogen (secondary N) is 2. The number of piperidine rings is 1. The second-order valence-electron chi connectivity index (χ2n) is 9.07. The highest BCUT2D eigenvalue weighted by atomic mass is 127. The molecule has 32 heavy (non-hydrogen) atoms. The van der Waals surface area contributed by atoms with Crippen LogP contribution in [0.5, 0.6) is 0 Å². The Morgan fingerprint density at radius 2 is 1.91 bits per heavy atom. The number of nitrogens with zero attached hydrogens (tertiary/aromatic N) is 3. The van der Waals surface area contributed by atoms with E-state index in [4.69, 9.17) is 5.73 Å². The highest BCUT2D eigenvalue weighted by Crippen LogP contribution is 2.18. The van der Waals surface area contributed by atoms with E-state index in [1.165, 1.54) is 11.1 Å². The maximum absolute atomic E-state index is 11.5.